The molecule has 116 valence electrons. The highest BCUT2D eigenvalue weighted by Gasteiger charge is 2.42. The molecule has 0 bridgehead atoms. The first-order valence-electron chi connectivity index (χ1n) is 6.82. The van der Waals surface area contributed by atoms with Crippen molar-refractivity contribution in [3.63, 3.8) is 0 Å². The molecule has 0 aromatic heterocycles. The molecule has 1 aliphatic heterocycles. The minimum atomic E-state index is -3.81. The first kappa shape index (κ1) is 15.9. The van der Waals surface area contributed by atoms with Crippen molar-refractivity contribution >= 4 is 16.2 Å². The van der Waals surface area contributed by atoms with E-state index in [9.17, 15) is 18.3 Å². The van der Waals surface area contributed by atoms with Crippen molar-refractivity contribution in [2.24, 2.45) is 0 Å². The van der Waals surface area contributed by atoms with Gasteiger partial charge in [-0.15, -0.1) is 0 Å². The summed E-state index contributed by atoms with van der Waals surface area (Å²) in [5, 5.41) is 9.51. The molecule has 1 heterocycles. The molecule has 0 saturated heterocycles. The maximum atomic E-state index is 12.6. The summed E-state index contributed by atoms with van der Waals surface area (Å²) in [6.45, 7) is 3.68. The van der Waals surface area contributed by atoms with Gasteiger partial charge in [0, 0.05) is 19.6 Å². The second-order valence-corrected chi connectivity index (χ2v) is 7.36. The van der Waals surface area contributed by atoms with Gasteiger partial charge in [0.1, 0.15) is 6.04 Å². The Balaban J connectivity index is 2.49. The molecular formula is C14H20N2O4S. The molecule has 2 rings (SSSR count). The van der Waals surface area contributed by atoms with E-state index in [1.54, 1.807) is 26.0 Å². The largest absolute Gasteiger partial charge is 0.480 e. The van der Waals surface area contributed by atoms with Crippen molar-refractivity contribution < 1.29 is 18.3 Å². The Bertz CT molecular complexity index is 642. The van der Waals surface area contributed by atoms with E-state index in [1.807, 2.05) is 12.1 Å². The van der Waals surface area contributed by atoms with E-state index in [-0.39, 0.29) is 12.6 Å². The van der Waals surface area contributed by atoms with E-state index in [4.69, 9.17) is 0 Å². The molecule has 0 fully saturated rings. The Morgan fingerprint density at radius 1 is 1.38 bits per heavy atom. The van der Waals surface area contributed by atoms with Crippen molar-refractivity contribution in [2.45, 2.75) is 32.4 Å². The average molecular weight is 312 g/mol. The SMILES string of the molecule is CC(C)N(C)S(=O)(=O)N1CCc2ccccc2C1C(=O)O. The third-order valence-electron chi connectivity index (χ3n) is 3.86. The van der Waals surface area contributed by atoms with Crippen molar-refractivity contribution in [2.75, 3.05) is 13.6 Å². The van der Waals surface area contributed by atoms with Gasteiger partial charge in [-0.25, -0.2) is 0 Å². The zero-order valence-corrected chi connectivity index (χ0v) is 13.2. The molecule has 1 aliphatic rings. The normalized spacial score (nSPS) is 19.8. The second kappa shape index (κ2) is 5.75. The number of hydrogen-bond donors (Lipinski definition) is 1. The van der Waals surface area contributed by atoms with Gasteiger partial charge in [0.25, 0.3) is 10.2 Å². The summed E-state index contributed by atoms with van der Waals surface area (Å²) >= 11 is 0. The zero-order chi connectivity index (χ0) is 15.8. The standard InChI is InChI=1S/C14H20N2O4S/c1-10(2)15(3)21(19,20)16-9-8-11-6-4-5-7-12(11)13(16)14(17)18/h4-7,10,13H,8-9H2,1-3H3,(H,17,18). The van der Waals surface area contributed by atoms with Crippen LogP contribution in [0.1, 0.15) is 31.0 Å². The first-order chi connectivity index (χ1) is 9.76. The summed E-state index contributed by atoms with van der Waals surface area (Å²) in [6.07, 6.45) is 0.519. The Morgan fingerprint density at radius 3 is 2.57 bits per heavy atom. The molecule has 6 nitrogen and oxygen atoms in total. The predicted molar refractivity (Wildman–Crippen MR) is 79.0 cm³/mol. The van der Waals surface area contributed by atoms with Crippen molar-refractivity contribution in [1.29, 1.82) is 0 Å². The molecule has 0 amide bonds. The quantitative estimate of drug-likeness (QED) is 0.908. The lowest BCUT2D eigenvalue weighted by atomic mass is 9.94. The van der Waals surface area contributed by atoms with Gasteiger partial charge in [0.2, 0.25) is 0 Å². The van der Waals surface area contributed by atoms with Crippen molar-refractivity contribution in [1.82, 2.24) is 8.61 Å². The van der Waals surface area contributed by atoms with Gasteiger partial charge in [0.05, 0.1) is 0 Å². The van der Waals surface area contributed by atoms with Crippen LogP contribution in [0.4, 0.5) is 0 Å². The fourth-order valence-electron chi connectivity index (χ4n) is 2.48. The van der Waals surface area contributed by atoms with Crippen LogP contribution in [-0.4, -0.2) is 47.7 Å². The summed E-state index contributed by atoms with van der Waals surface area (Å²) in [5.74, 6) is -1.15. The number of hydrogen-bond acceptors (Lipinski definition) is 3. The molecule has 1 atom stereocenters. The third kappa shape index (κ3) is 2.81. The van der Waals surface area contributed by atoms with Crippen LogP contribution in [0.25, 0.3) is 0 Å². The monoisotopic (exact) mass is 312 g/mol. The van der Waals surface area contributed by atoms with Gasteiger partial charge in [-0.05, 0) is 31.4 Å². The summed E-state index contributed by atoms with van der Waals surface area (Å²) in [5.41, 5.74) is 1.44. The topological polar surface area (TPSA) is 77.9 Å². The number of carboxylic acids is 1. The van der Waals surface area contributed by atoms with Gasteiger partial charge in [-0.2, -0.15) is 17.0 Å². The highest BCUT2D eigenvalue weighted by molar-refractivity contribution is 7.86. The summed E-state index contributed by atoms with van der Waals surface area (Å²) in [7, 11) is -2.34. The Kier molecular flexibility index (Phi) is 4.36. The first-order valence-corrected chi connectivity index (χ1v) is 8.22. The number of nitrogens with zero attached hydrogens (tertiary/aromatic N) is 2. The van der Waals surface area contributed by atoms with E-state index in [1.165, 1.54) is 11.4 Å². The lowest BCUT2D eigenvalue weighted by molar-refractivity contribution is -0.142. The van der Waals surface area contributed by atoms with E-state index in [0.717, 1.165) is 9.87 Å². The van der Waals surface area contributed by atoms with Crippen LogP contribution < -0.4 is 0 Å². The van der Waals surface area contributed by atoms with E-state index < -0.39 is 22.2 Å². The Hall–Kier alpha value is -1.44. The Labute approximate surface area is 125 Å². The van der Waals surface area contributed by atoms with E-state index in [0.29, 0.717) is 12.0 Å². The molecule has 0 spiro atoms. The van der Waals surface area contributed by atoms with Gasteiger partial charge < -0.3 is 5.11 Å². The van der Waals surface area contributed by atoms with Crippen molar-refractivity contribution in [3.05, 3.63) is 35.4 Å². The number of aliphatic carboxylic acids is 1. The van der Waals surface area contributed by atoms with E-state index in [2.05, 4.69) is 0 Å². The fourth-order valence-corrected chi connectivity index (χ4v) is 4.14. The van der Waals surface area contributed by atoms with Crippen LogP contribution in [0.15, 0.2) is 24.3 Å². The number of carbonyl (C=O) groups is 1. The molecule has 0 aliphatic carbocycles. The Morgan fingerprint density at radius 2 is 2.00 bits per heavy atom. The molecule has 1 aromatic rings. The van der Waals surface area contributed by atoms with Crippen LogP contribution in [0.5, 0.6) is 0 Å². The molecule has 7 heteroatoms. The minimum absolute atomic E-state index is 0.174. The minimum Gasteiger partial charge on any atom is -0.480 e. The maximum absolute atomic E-state index is 12.6. The smallest absolute Gasteiger partial charge is 0.326 e. The summed E-state index contributed by atoms with van der Waals surface area (Å²) in [6, 6.07) is 5.70. The van der Waals surface area contributed by atoms with Crippen LogP contribution in [-0.2, 0) is 21.4 Å². The van der Waals surface area contributed by atoms with Crippen LogP contribution in [0.3, 0.4) is 0 Å². The van der Waals surface area contributed by atoms with Gasteiger partial charge in [0.15, 0.2) is 0 Å². The fraction of sp³-hybridized carbons (Fsp3) is 0.500. The molecular weight excluding hydrogens is 292 g/mol. The molecule has 1 aromatic carbocycles. The zero-order valence-electron chi connectivity index (χ0n) is 12.4. The second-order valence-electron chi connectivity index (χ2n) is 5.42. The molecule has 0 saturated carbocycles. The number of carboxylic acid groups (broad SMARTS) is 1. The molecule has 1 N–H and O–H groups in total. The summed E-state index contributed by atoms with van der Waals surface area (Å²) in [4.78, 5) is 11.6. The lowest BCUT2D eigenvalue weighted by Crippen LogP contribution is -2.50. The van der Waals surface area contributed by atoms with Crippen LogP contribution in [0.2, 0.25) is 0 Å². The van der Waals surface area contributed by atoms with Gasteiger partial charge in [-0.1, -0.05) is 24.3 Å². The maximum Gasteiger partial charge on any atom is 0.326 e. The van der Waals surface area contributed by atoms with E-state index >= 15 is 0 Å². The van der Waals surface area contributed by atoms with Gasteiger partial charge in [-0.3, -0.25) is 4.79 Å². The molecule has 21 heavy (non-hydrogen) atoms. The highest BCUT2D eigenvalue weighted by Crippen LogP contribution is 2.33. The number of fused-ring (bicyclic) bond motifs is 1. The predicted octanol–water partition coefficient (Wildman–Crippen LogP) is 1.26. The average Bonchev–Trinajstić information content (AvgIpc) is 2.44. The lowest BCUT2D eigenvalue weighted by Gasteiger charge is -2.37. The summed E-state index contributed by atoms with van der Waals surface area (Å²) < 4.78 is 27.6. The number of benzene rings is 1. The third-order valence-corrected chi connectivity index (χ3v) is 6.00. The van der Waals surface area contributed by atoms with Crippen LogP contribution >= 0.6 is 0 Å². The highest BCUT2D eigenvalue weighted by atomic mass is 32.2. The molecule has 1 unspecified atom stereocenters. The molecule has 0 radical (unpaired) electrons. The number of rotatable bonds is 4. The van der Waals surface area contributed by atoms with Crippen molar-refractivity contribution in [3.8, 4) is 0 Å². The van der Waals surface area contributed by atoms with Gasteiger partial charge >= 0.3 is 5.97 Å². The van der Waals surface area contributed by atoms with Crippen LogP contribution in [0, 0.1) is 0 Å².